The predicted molar refractivity (Wildman–Crippen MR) is 109 cm³/mol. The quantitative estimate of drug-likeness (QED) is 0.700. The number of carbonyl (C=O) groups excluding carboxylic acids is 3. The van der Waals surface area contributed by atoms with Crippen molar-refractivity contribution in [1.29, 1.82) is 0 Å². The zero-order valence-electron chi connectivity index (χ0n) is 15.1. The number of anilines is 1. The van der Waals surface area contributed by atoms with E-state index in [9.17, 15) is 18.8 Å². The van der Waals surface area contributed by atoms with Crippen LogP contribution in [-0.2, 0) is 14.3 Å². The summed E-state index contributed by atoms with van der Waals surface area (Å²) in [5, 5.41) is 4.70. The van der Waals surface area contributed by atoms with Gasteiger partial charge in [-0.15, -0.1) is 0 Å². The van der Waals surface area contributed by atoms with Gasteiger partial charge in [-0.3, -0.25) is 9.59 Å². The second-order valence-electron chi connectivity index (χ2n) is 5.90. The predicted octanol–water partition coefficient (Wildman–Crippen LogP) is 3.51. The van der Waals surface area contributed by atoms with E-state index in [0.717, 1.165) is 11.8 Å². The lowest BCUT2D eigenvalue weighted by molar-refractivity contribution is -0.122. The average molecular weight is 436 g/mol. The molecule has 1 saturated heterocycles. The second-order valence-corrected chi connectivity index (χ2v) is 7.50. The summed E-state index contributed by atoms with van der Waals surface area (Å²) in [7, 11) is 1.25. The van der Waals surface area contributed by atoms with Crippen molar-refractivity contribution in [3.8, 4) is 0 Å². The topological polar surface area (TPSA) is 96.9 Å². The molecule has 29 heavy (non-hydrogen) atoms. The number of rotatable bonds is 5. The van der Waals surface area contributed by atoms with Gasteiger partial charge in [0.05, 0.1) is 29.1 Å². The maximum atomic E-state index is 13.2. The number of nitrogens with one attached hydrogen (secondary N) is 2. The van der Waals surface area contributed by atoms with Crippen LogP contribution in [0.2, 0.25) is 5.02 Å². The Morgan fingerprint density at radius 2 is 2.07 bits per heavy atom. The summed E-state index contributed by atoms with van der Waals surface area (Å²) in [6.07, 6.45) is -0.130. The third-order valence-corrected chi connectivity index (χ3v) is 5.26. The van der Waals surface area contributed by atoms with Gasteiger partial charge in [0.25, 0.3) is 0 Å². The number of hydrogen-bond acceptors (Lipinski definition) is 6. The summed E-state index contributed by atoms with van der Waals surface area (Å²) in [6, 6.07) is 10.3. The van der Waals surface area contributed by atoms with Crippen LogP contribution in [0.5, 0.6) is 0 Å². The Bertz CT molecular complexity index is 1010. The van der Waals surface area contributed by atoms with Crippen molar-refractivity contribution < 1.29 is 23.5 Å². The van der Waals surface area contributed by atoms with Crippen LogP contribution in [0.3, 0.4) is 0 Å². The molecule has 0 aliphatic carbocycles. The van der Waals surface area contributed by atoms with Gasteiger partial charge in [-0.1, -0.05) is 35.5 Å². The minimum Gasteiger partial charge on any atom is -0.465 e. The lowest BCUT2D eigenvalue weighted by Crippen LogP contribution is -2.28. The summed E-state index contributed by atoms with van der Waals surface area (Å²) in [4.78, 5) is 40.5. The number of esters is 1. The number of ether oxygens (including phenoxy) is 1. The molecule has 1 fully saturated rings. The number of benzene rings is 2. The van der Waals surface area contributed by atoms with E-state index in [1.807, 2.05) is 0 Å². The van der Waals surface area contributed by atoms with E-state index in [0.29, 0.717) is 11.4 Å². The molecule has 0 bridgehead atoms. The first-order chi connectivity index (χ1) is 13.9. The molecule has 1 aliphatic rings. The van der Waals surface area contributed by atoms with Crippen LogP contribution < -0.4 is 10.6 Å². The first-order valence-electron chi connectivity index (χ1n) is 8.36. The van der Waals surface area contributed by atoms with E-state index in [1.54, 1.807) is 18.2 Å². The van der Waals surface area contributed by atoms with Crippen molar-refractivity contribution in [2.75, 3.05) is 12.4 Å². The summed E-state index contributed by atoms with van der Waals surface area (Å²) < 4.78 is 17.9. The second kappa shape index (κ2) is 9.06. The number of methoxy groups -OCH3 is 1. The Hall–Kier alpha value is -2.91. The molecule has 0 saturated carbocycles. The number of amidine groups is 1. The fourth-order valence-corrected chi connectivity index (χ4v) is 3.68. The van der Waals surface area contributed by atoms with Gasteiger partial charge in [0.2, 0.25) is 11.8 Å². The molecular weight excluding hydrogens is 421 g/mol. The molecular formula is C19H15ClFN3O4S. The van der Waals surface area contributed by atoms with E-state index in [1.165, 1.54) is 31.4 Å². The number of nitrogens with zero attached hydrogens (tertiary/aromatic N) is 1. The van der Waals surface area contributed by atoms with Gasteiger partial charge in [0.15, 0.2) is 5.17 Å². The third kappa shape index (κ3) is 5.12. The molecule has 1 atom stereocenters. The van der Waals surface area contributed by atoms with Crippen LogP contribution in [-0.4, -0.2) is 35.3 Å². The van der Waals surface area contributed by atoms with Crippen LogP contribution in [0, 0.1) is 5.82 Å². The van der Waals surface area contributed by atoms with Crippen LogP contribution in [0.25, 0.3) is 0 Å². The normalized spacial score (nSPS) is 17.1. The summed E-state index contributed by atoms with van der Waals surface area (Å²) >= 11 is 6.80. The molecule has 0 radical (unpaired) electrons. The lowest BCUT2D eigenvalue weighted by atomic mass is 10.1. The van der Waals surface area contributed by atoms with Crippen LogP contribution >= 0.6 is 23.4 Å². The summed E-state index contributed by atoms with van der Waals surface area (Å²) in [5.74, 6) is -1.97. The number of amides is 2. The highest BCUT2D eigenvalue weighted by atomic mass is 35.5. The van der Waals surface area contributed by atoms with Crippen molar-refractivity contribution >= 4 is 57.7 Å². The largest absolute Gasteiger partial charge is 0.465 e. The Labute approximate surface area is 174 Å². The van der Waals surface area contributed by atoms with Crippen LogP contribution in [0.15, 0.2) is 47.5 Å². The monoisotopic (exact) mass is 435 g/mol. The van der Waals surface area contributed by atoms with Crippen molar-refractivity contribution in [3.63, 3.8) is 0 Å². The highest BCUT2D eigenvalue weighted by molar-refractivity contribution is 8.15. The molecule has 2 aromatic carbocycles. The van der Waals surface area contributed by atoms with Crippen molar-refractivity contribution in [1.82, 2.24) is 5.32 Å². The first kappa shape index (κ1) is 20.8. The van der Waals surface area contributed by atoms with E-state index in [4.69, 9.17) is 11.6 Å². The van der Waals surface area contributed by atoms with Gasteiger partial charge >= 0.3 is 5.97 Å². The highest BCUT2D eigenvalue weighted by Gasteiger charge is 2.32. The van der Waals surface area contributed by atoms with Gasteiger partial charge in [0, 0.05) is 6.42 Å². The van der Waals surface area contributed by atoms with E-state index < -0.39 is 22.9 Å². The molecule has 10 heteroatoms. The molecule has 2 amide bonds. The minimum atomic E-state index is -0.699. The number of aliphatic imine (C=N–C) groups is 1. The molecule has 1 heterocycles. The number of para-hydroxylation sites is 1. The average Bonchev–Trinajstić information content (AvgIpc) is 3.03. The molecule has 2 aromatic rings. The number of carbonyl (C=O) groups is 3. The van der Waals surface area contributed by atoms with Crippen LogP contribution in [0.4, 0.5) is 15.8 Å². The number of thioether (sulfide) groups is 1. The Balaban J connectivity index is 1.66. The van der Waals surface area contributed by atoms with E-state index >= 15 is 0 Å². The molecule has 0 spiro atoms. The third-order valence-electron chi connectivity index (χ3n) is 3.89. The Kier molecular flexibility index (Phi) is 6.50. The van der Waals surface area contributed by atoms with Crippen molar-refractivity contribution in [2.45, 2.75) is 11.7 Å². The molecule has 1 unspecified atom stereocenters. The SMILES string of the molecule is COC(=O)c1ccccc1NC(=O)CC1SC(=Nc2ccc(F)c(Cl)c2)NC1=O. The fraction of sp³-hybridized carbons (Fsp3) is 0.158. The maximum Gasteiger partial charge on any atom is 0.339 e. The number of halogens is 2. The summed E-state index contributed by atoms with van der Waals surface area (Å²) in [5.41, 5.74) is 0.876. The molecule has 1 aliphatic heterocycles. The molecule has 2 N–H and O–H groups in total. The zero-order valence-corrected chi connectivity index (χ0v) is 16.6. The molecule has 150 valence electrons. The lowest BCUT2D eigenvalue weighted by Gasteiger charge is -2.10. The Morgan fingerprint density at radius 1 is 1.31 bits per heavy atom. The molecule has 0 aromatic heterocycles. The van der Waals surface area contributed by atoms with Crippen molar-refractivity contribution in [2.24, 2.45) is 4.99 Å². The van der Waals surface area contributed by atoms with Crippen molar-refractivity contribution in [3.05, 3.63) is 58.9 Å². The molecule has 3 rings (SSSR count). The van der Waals surface area contributed by atoms with Gasteiger partial charge in [0.1, 0.15) is 11.1 Å². The molecule has 7 nitrogen and oxygen atoms in total. The first-order valence-corrected chi connectivity index (χ1v) is 9.61. The van der Waals surface area contributed by atoms with Gasteiger partial charge in [-0.05, 0) is 30.3 Å². The standard InChI is InChI=1S/C19H15ClFN3O4S/c1-28-18(27)11-4-2-3-5-14(11)23-16(25)9-15-17(26)24-19(29-15)22-10-6-7-13(21)12(20)8-10/h2-8,15H,9H2,1H3,(H,23,25)(H,22,24,26). The zero-order chi connectivity index (χ0) is 21.0. The highest BCUT2D eigenvalue weighted by Crippen LogP contribution is 2.28. The summed E-state index contributed by atoms with van der Waals surface area (Å²) in [6.45, 7) is 0. The smallest absolute Gasteiger partial charge is 0.339 e. The van der Waals surface area contributed by atoms with E-state index in [2.05, 4.69) is 20.4 Å². The van der Waals surface area contributed by atoms with E-state index in [-0.39, 0.29) is 28.1 Å². The maximum absolute atomic E-state index is 13.2. The van der Waals surface area contributed by atoms with Crippen LogP contribution in [0.1, 0.15) is 16.8 Å². The Morgan fingerprint density at radius 3 is 2.79 bits per heavy atom. The van der Waals surface area contributed by atoms with Gasteiger partial charge in [-0.2, -0.15) is 0 Å². The number of hydrogen-bond donors (Lipinski definition) is 2. The van der Waals surface area contributed by atoms with Gasteiger partial charge in [-0.25, -0.2) is 14.2 Å². The van der Waals surface area contributed by atoms with Gasteiger partial charge < -0.3 is 15.4 Å². The minimum absolute atomic E-state index is 0.0821. The fourth-order valence-electron chi connectivity index (χ4n) is 2.51.